The summed E-state index contributed by atoms with van der Waals surface area (Å²) in [7, 11) is 1.56. The van der Waals surface area contributed by atoms with Crippen molar-refractivity contribution in [3.8, 4) is 11.5 Å². The third-order valence-electron chi connectivity index (χ3n) is 5.57. The van der Waals surface area contributed by atoms with Gasteiger partial charge in [0.25, 0.3) is 11.8 Å². The Morgan fingerprint density at radius 2 is 1.70 bits per heavy atom. The molecule has 176 valence electrons. The summed E-state index contributed by atoms with van der Waals surface area (Å²) in [5.41, 5.74) is 0.0317. The first kappa shape index (κ1) is 24.1. The number of methoxy groups -OCH3 is 1. The number of rotatable bonds is 9. The second-order valence-electron chi connectivity index (χ2n) is 7.91. The van der Waals surface area contributed by atoms with E-state index in [1.807, 2.05) is 0 Å². The molecule has 3 rings (SSSR count). The number of anilines is 1. The number of carbonyl (C=O) groups is 3. The van der Waals surface area contributed by atoms with Crippen molar-refractivity contribution >= 4 is 23.5 Å². The van der Waals surface area contributed by atoms with Gasteiger partial charge in [-0.15, -0.1) is 0 Å². The summed E-state index contributed by atoms with van der Waals surface area (Å²) in [6.07, 6.45) is 3.91. The maximum atomic E-state index is 12.8. The Bertz CT molecular complexity index is 967. The minimum absolute atomic E-state index is 0.186. The second kappa shape index (κ2) is 11.4. The van der Waals surface area contributed by atoms with E-state index in [2.05, 4.69) is 10.6 Å². The van der Waals surface area contributed by atoms with E-state index in [9.17, 15) is 14.4 Å². The lowest BCUT2D eigenvalue weighted by Gasteiger charge is -2.35. The number of esters is 1. The SMILES string of the molecule is CCOC(=O)C1(NC(=O)c2ccc(OCC(=O)Nc3cccc(OC)c3)cc2)CCCCC1. The van der Waals surface area contributed by atoms with Crippen LogP contribution in [0.1, 0.15) is 49.4 Å². The lowest BCUT2D eigenvalue weighted by atomic mass is 9.81. The Labute approximate surface area is 193 Å². The van der Waals surface area contributed by atoms with E-state index in [1.54, 1.807) is 62.6 Å². The molecule has 0 saturated heterocycles. The van der Waals surface area contributed by atoms with Crippen LogP contribution in [0.5, 0.6) is 11.5 Å². The molecule has 1 aliphatic carbocycles. The Balaban J connectivity index is 1.55. The van der Waals surface area contributed by atoms with Gasteiger partial charge in [0.1, 0.15) is 17.0 Å². The quantitative estimate of drug-likeness (QED) is 0.560. The second-order valence-corrected chi connectivity index (χ2v) is 7.91. The number of hydrogen-bond acceptors (Lipinski definition) is 6. The van der Waals surface area contributed by atoms with Gasteiger partial charge >= 0.3 is 5.97 Å². The van der Waals surface area contributed by atoms with Crippen LogP contribution in [0, 0.1) is 0 Å². The maximum absolute atomic E-state index is 12.8. The molecular formula is C25H30N2O6. The molecule has 1 fully saturated rings. The van der Waals surface area contributed by atoms with E-state index in [1.165, 1.54) is 0 Å². The molecule has 0 bridgehead atoms. The van der Waals surface area contributed by atoms with Crippen molar-refractivity contribution in [2.45, 2.75) is 44.6 Å². The molecule has 0 heterocycles. The van der Waals surface area contributed by atoms with Gasteiger partial charge in [-0.1, -0.05) is 25.3 Å². The molecule has 2 N–H and O–H groups in total. The molecule has 0 atom stereocenters. The molecule has 0 radical (unpaired) electrons. The highest BCUT2D eigenvalue weighted by Crippen LogP contribution is 2.30. The molecule has 1 aliphatic rings. The first-order valence-electron chi connectivity index (χ1n) is 11.1. The van der Waals surface area contributed by atoms with Crippen LogP contribution >= 0.6 is 0 Å². The van der Waals surface area contributed by atoms with Crippen LogP contribution in [-0.2, 0) is 14.3 Å². The Morgan fingerprint density at radius 3 is 2.36 bits per heavy atom. The predicted molar refractivity (Wildman–Crippen MR) is 123 cm³/mol. The third-order valence-corrected chi connectivity index (χ3v) is 5.57. The van der Waals surface area contributed by atoms with Crippen LogP contribution in [0.25, 0.3) is 0 Å². The van der Waals surface area contributed by atoms with Crippen LogP contribution in [-0.4, -0.2) is 43.6 Å². The molecule has 1 saturated carbocycles. The fourth-order valence-electron chi connectivity index (χ4n) is 3.84. The molecule has 2 aromatic carbocycles. The standard InChI is InChI=1S/C25H30N2O6/c1-3-32-24(30)25(14-5-4-6-15-25)27-23(29)18-10-12-20(13-11-18)33-17-22(28)26-19-8-7-9-21(16-19)31-2/h7-13,16H,3-6,14-15,17H2,1-2H3,(H,26,28)(H,27,29). The van der Waals surface area contributed by atoms with Crippen LogP contribution in [0.4, 0.5) is 5.69 Å². The van der Waals surface area contributed by atoms with Gasteiger partial charge in [-0.05, 0) is 56.2 Å². The van der Waals surface area contributed by atoms with Crippen LogP contribution in [0.15, 0.2) is 48.5 Å². The van der Waals surface area contributed by atoms with E-state index >= 15 is 0 Å². The number of amides is 2. The molecular weight excluding hydrogens is 424 g/mol. The van der Waals surface area contributed by atoms with E-state index in [-0.39, 0.29) is 31.0 Å². The fraction of sp³-hybridized carbons (Fsp3) is 0.400. The summed E-state index contributed by atoms with van der Waals surface area (Å²) in [5, 5.41) is 5.65. The summed E-state index contributed by atoms with van der Waals surface area (Å²) in [4.78, 5) is 37.5. The Morgan fingerprint density at radius 1 is 0.970 bits per heavy atom. The van der Waals surface area contributed by atoms with Crippen molar-refractivity contribution < 1.29 is 28.6 Å². The zero-order valence-electron chi connectivity index (χ0n) is 19.0. The highest BCUT2D eigenvalue weighted by atomic mass is 16.5. The van der Waals surface area contributed by atoms with Gasteiger partial charge in [-0.3, -0.25) is 9.59 Å². The predicted octanol–water partition coefficient (Wildman–Crippen LogP) is 3.71. The lowest BCUT2D eigenvalue weighted by molar-refractivity contribution is -0.152. The van der Waals surface area contributed by atoms with Crippen molar-refractivity contribution in [2.24, 2.45) is 0 Å². The monoisotopic (exact) mass is 454 g/mol. The van der Waals surface area contributed by atoms with Gasteiger partial charge in [0.2, 0.25) is 0 Å². The van der Waals surface area contributed by atoms with Crippen molar-refractivity contribution in [3.05, 3.63) is 54.1 Å². The normalized spacial score (nSPS) is 14.6. The lowest BCUT2D eigenvalue weighted by Crippen LogP contribution is -2.56. The maximum Gasteiger partial charge on any atom is 0.331 e. The number of nitrogens with one attached hydrogen (secondary N) is 2. The highest BCUT2D eigenvalue weighted by molar-refractivity contribution is 5.98. The molecule has 33 heavy (non-hydrogen) atoms. The Kier molecular flexibility index (Phi) is 8.29. The van der Waals surface area contributed by atoms with Crippen LogP contribution < -0.4 is 20.1 Å². The highest BCUT2D eigenvalue weighted by Gasteiger charge is 2.42. The largest absolute Gasteiger partial charge is 0.497 e. The molecule has 0 aromatic heterocycles. The van der Waals surface area contributed by atoms with Crippen LogP contribution in [0.2, 0.25) is 0 Å². The minimum Gasteiger partial charge on any atom is -0.497 e. The summed E-state index contributed by atoms with van der Waals surface area (Å²) >= 11 is 0. The molecule has 2 amide bonds. The molecule has 0 spiro atoms. The van der Waals surface area contributed by atoms with E-state index in [0.717, 1.165) is 19.3 Å². The van der Waals surface area contributed by atoms with Gasteiger partial charge in [-0.2, -0.15) is 0 Å². The summed E-state index contributed by atoms with van der Waals surface area (Å²) < 4.78 is 15.9. The van der Waals surface area contributed by atoms with Crippen molar-refractivity contribution in [2.75, 3.05) is 25.6 Å². The molecule has 2 aromatic rings. The average molecular weight is 455 g/mol. The summed E-state index contributed by atoms with van der Waals surface area (Å²) in [6.45, 7) is 1.84. The van der Waals surface area contributed by atoms with E-state index < -0.39 is 5.54 Å². The molecule has 8 nitrogen and oxygen atoms in total. The van der Waals surface area contributed by atoms with Gasteiger partial charge in [0.15, 0.2) is 6.61 Å². The summed E-state index contributed by atoms with van der Waals surface area (Å²) in [5.74, 6) is 0.0525. The van der Waals surface area contributed by atoms with Gasteiger partial charge in [0, 0.05) is 17.3 Å². The average Bonchev–Trinajstić information content (AvgIpc) is 2.84. The van der Waals surface area contributed by atoms with Crippen molar-refractivity contribution in [1.29, 1.82) is 0 Å². The topological polar surface area (TPSA) is 103 Å². The molecule has 8 heteroatoms. The smallest absolute Gasteiger partial charge is 0.331 e. The van der Waals surface area contributed by atoms with Crippen LogP contribution in [0.3, 0.4) is 0 Å². The summed E-state index contributed by atoms with van der Waals surface area (Å²) in [6, 6.07) is 13.5. The molecule has 0 unspecified atom stereocenters. The number of hydrogen-bond donors (Lipinski definition) is 2. The van der Waals surface area contributed by atoms with Crippen molar-refractivity contribution in [3.63, 3.8) is 0 Å². The number of benzene rings is 2. The molecule has 0 aliphatic heterocycles. The van der Waals surface area contributed by atoms with Gasteiger partial charge < -0.3 is 24.8 Å². The van der Waals surface area contributed by atoms with Gasteiger partial charge in [0.05, 0.1) is 13.7 Å². The number of carbonyl (C=O) groups excluding carboxylic acids is 3. The van der Waals surface area contributed by atoms with E-state index in [0.29, 0.717) is 35.6 Å². The first-order valence-corrected chi connectivity index (χ1v) is 11.1. The Hall–Kier alpha value is -3.55. The number of ether oxygens (including phenoxy) is 3. The van der Waals surface area contributed by atoms with Crippen molar-refractivity contribution in [1.82, 2.24) is 5.32 Å². The first-order chi connectivity index (χ1) is 16.0. The minimum atomic E-state index is -0.973. The zero-order chi connectivity index (χ0) is 23.7. The van der Waals surface area contributed by atoms with E-state index in [4.69, 9.17) is 14.2 Å². The van der Waals surface area contributed by atoms with Gasteiger partial charge in [-0.25, -0.2) is 4.79 Å². The fourth-order valence-corrected chi connectivity index (χ4v) is 3.84. The zero-order valence-corrected chi connectivity index (χ0v) is 19.0. The third kappa shape index (κ3) is 6.47.